The highest BCUT2D eigenvalue weighted by atomic mass is 35.5. The van der Waals surface area contributed by atoms with Gasteiger partial charge in [0, 0.05) is 6.20 Å². The second kappa shape index (κ2) is 5.70. The number of aryl methyl sites for hydroxylation is 1. The van der Waals surface area contributed by atoms with Crippen LogP contribution >= 0.6 is 23.2 Å². The lowest BCUT2D eigenvalue weighted by atomic mass is 10.0. The third-order valence-corrected chi connectivity index (χ3v) is 3.58. The van der Waals surface area contributed by atoms with E-state index in [1.165, 1.54) is 0 Å². The Kier molecular flexibility index (Phi) is 4.23. The minimum atomic E-state index is -0.136. The first-order valence-corrected chi connectivity index (χ1v) is 6.44. The molecule has 1 aromatic heterocycles. The topological polar surface area (TPSA) is 38.9 Å². The van der Waals surface area contributed by atoms with Crippen molar-refractivity contribution >= 4 is 23.2 Å². The van der Waals surface area contributed by atoms with Gasteiger partial charge in [-0.3, -0.25) is 4.98 Å². The molecule has 1 atom stereocenters. The molecule has 4 heteroatoms. The molecule has 0 saturated carbocycles. The fraction of sp³-hybridized carbons (Fsp3) is 0.214. The number of hydrogen-bond donors (Lipinski definition) is 1. The summed E-state index contributed by atoms with van der Waals surface area (Å²) in [5.41, 5.74) is 9.26. The third kappa shape index (κ3) is 3.02. The Morgan fingerprint density at radius 1 is 1.22 bits per heavy atom. The summed E-state index contributed by atoms with van der Waals surface area (Å²) < 4.78 is 0. The van der Waals surface area contributed by atoms with Crippen molar-refractivity contribution in [1.29, 1.82) is 0 Å². The second-order valence-corrected chi connectivity index (χ2v) is 5.08. The van der Waals surface area contributed by atoms with Crippen molar-refractivity contribution in [3.05, 3.63) is 63.4 Å². The summed E-state index contributed by atoms with van der Waals surface area (Å²) in [5, 5.41) is 1.11. The number of aromatic nitrogens is 1. The highest BCUT2D eigenvalue weighted by molar-refractivity contribution is 6.42. The average Bonchev–Trinajstić information content (AvgIpc) is 2.34. The molecule has 1 unspecified atom stereocenters. The van der Waals surface area contributed by atoms with Gasteiger partial charge >= 0.3 is 0 Å². The smallest absolute Gasteiger partial charge is 0.0603 e. The number of hydrogen-bond acceptors (Lipinski definition) is 2. The fourth-order valence-electron chi connectivity index (χ4n) is 1.90. The van der Waals surface area contributed by atoms with E-state index in [-0.39, 0.29) is 6.04 Å². The SMILES string of the molecule is Cc1cccnc1C(N)Cc1ccc(Cl)c(Cl)c1. The predicted molar refractivity (Wildman–Crippen MR) is 76.1 cm³/mol. The van der Waals surface area contributed by atoms with Gasteiger partial charge in [0.15, 0.2) is 0 Å². The number of nitrogens with zero attached hydrogens (tertiary/aromatic N) is 1. The van der Waals surface area contributed by atoms with E-state index < -0.39 is 0 Å². The number of benzene rings is 1. The van der Waals surface area contributed by atoms with Crippen LogP contribution in [0.25, 0.3) is 0 Å². The van der Waals surface area contributed by atoms with Gasteiger partial charge in [-0.2, -0.15) is 0 Å². The molecule has 18 heavy (non-hydrogen) atoms. The zero-order valence-corrected chi connectivity index (χ0v) is 11.5. The molecule has 0 spiro atoms. The van der Waals surface area contributed by atoms with Gasteiger partial charge in [-0.15, -0.1) is 0 Å². The number of nitrogens with two attached hydrogens (primary N) is 1. The number of rotatable bonds is 3. The Balaban J connectivity index is 2.19. The van der Waals surface area contributed by atoms with Gasteiger partial charge in [-0.1, -0.05) is 35.3 Å². The molecule has 0 aliphatic heterocycles. The van der Waals surface area contributed by atoms with Crippen LogP contribution in [-0.2, 0) is 6.42 Å². The quantitative estimate of drug-likeness (QED) is 0.925. The van der Waals surface area contributed by atoms with Gasteiger partial charge in [-0.05, 0) is 42.7 Å². The monoisotopic (exact) mass is 280 g/mol. The number of halogens is 2. The van der Waals surface area contributed by atoms with Crippen LogP contribution in [0.15, 0.2) is 36.5 Å². The van der Waals surface area contributed by atoms with Crippen LogP contribution in [0.2, 0.25) is 10.0 Å². The summed E-state index contributed by atoms with van der Waals surface area (Å²) in [4.78, 5) is 4.33. The van der Waals surface area contributed by atoms with Crippen molar-refractivity contribution in [3.8, 4) is 0 Å². The molecule has 2 N–H and O–H groups in total. The Morgan fingerprint density at radius 2 is 2.00 bits per heavy atom. The van der Waals surface area contributed by atoms with E-state index in [0.29, 0.717) is 16.5 Å². The Bertz CT molecular complexity index is 555. The van der Waals surface area contributed by atoms with Crippen LogP contribution in [0.1, 0.15) is 22.9 Å². The first kappa shape index (κ1) is 13.3. The van der Waals surface area contributed by atoms with E-state index in [0.717, 1.165) is 16.8 Å². The summed E-state index contributed by atoms with van der Waals surface area (Å²) in [6.45, 7) is 2.01. The Labute approximate surface area is 117 Å². The van der Waals surface area contributed by atoms with Gasteiger partial charge < -0.3 is 5.73 Å². The fourth-order valence-corrected chi connectivity index (χ4v) is 2.22. The molecule has 1 aromatic carbocycles. The lowest BCUT2D eigenvalue weighted by molar-refractivity contribution is 0.690. The maximum atomic E-state index is 6.18. The molecule has 2 rings (SSSR count). The molecule has 0 bridgehead atoms. The molecule has 0 saturated heterocycles. The minimum Gasteiger partial charge on any atom is -0.322 e. The minimum absolute atomic E-state index is 0.136. The van der Waals surface area contributed by atoms with Crippen molar-refractivity contribution in [1.82, 2.24) is 4.98 Å². The standard InChI is InChI=1S/C14H14Cl2N2/c1-9-3-2-6-18-14(9)13(17)8-10-4-5-11(15)12(16)7-10/h2-7,13H,8,17H2,1H3. The van der Waals surface area contributed by atoms with Gasteiger partial charge in [0.25, 0.3) is 0 Å². The molecule has 2 aromatic rings. The zero-order chi connectivity index (χ0) is 13.1. The third-order valence-electron chi connectivity index (χ3n) is 2.84. The maximum Gasteiger partial charge on any atom is 0.0603 e. The largest absolute Gasteiger partial charge is 0.322 e. The van der Waals surface area contributed by atoms with Gasteiger partial charge in [-0.25, -0.2) is 0 Å². The number of pyridine rings is 1. The molecule has 2 nitrogen and oxygen atoms in total. The van der Waals surface area contributed by atoms with E-state index in [1.54, 1.807) is 12.3 Å². The molecular weight excluding hydrogens is 267 g/mol. The van der Waals surface area contributed by atoms with Crippen molar-refractivity contribution in [2.24, 2.45) is 5.73 Å². The highest BCUT2D eigenvalue weighted by Crippen LogP contribution is 2.25. The summed E-state index contributed by atoms with van der Waals surface area (Å²) in [5.74, 6) is 0. The van der Waals surface area contributed by atoms with Crippen LogP contribution in [0.4, 0.5) is 0 Å². The van der Waals surface area contributed by atoms with E-state index >= 15 is 0 Å². The molecule has 0 fully saturated rings. The summed E-state index contributed by atoms with van der Waals surface area (Å²) in [7, 11) is 0. The molecule has 0 aliphatic rings. The van der Waals surface area contributed by atoms with Crippen LogP contribution in [0, 0.1) is 6.92 Å². The van der Waals surface area contributed by atoms with Crippen molar-refractivity contribution in [2.75, 3.05) is 0 Å². The van der Waals surface area contributed by atoms with Gasteiger partial charge in [0.2, 0.25) is 0 Å². The zero-order valence-electron chi connectivity index (χ0n) is 10.0. The van der Waals surface area contributed by atoms with Crippen molar-refractivity contribution < 1.29 is 0 Å². The van der Waals surface area contributed by atoms with Gasteiger partial charge in [0.1, 0.15) is 0 Å². The van der Waals surface area contributed by atoms with Crippen LogP contribution < -0.4 is 5.73 Å². The van der Waals surface area contributed by atoms with E-state index in [9.17, 15) is 0 Å². The highest BCUT2D eigenvalue weighted by Gasteiger charge is 2.11. The van der Waals surface area contributed by atoms with Crippen LogP contribution in [0.3, 0.4) is 0 Å². The molecule has 0 amide bonds. The van der Waals surface area contributed by atoms with E-state index in [4.69, 9.17) is 28.9 Å². The predicted octanol–water partition coefficient (Wildman–Crippen LogP) is 3.94. The average molecular weight is 281 g/mol. The molecule has 1 heterocycles. The van der Waals surface area contributed by atoms with Crippen LogP contribution in [-0.4, -0.2) is 4.98 Å². The van der Waals surface area contributed by atoms with Crippen molar-refractivity contribution in [3.63, 3.8) is 0 Å². The molecular formula is C14H14Cl2N2. The van der Waals surface area contributed by atoms with Gasteiger partial charge in [0.05, 0.1) is 21.8 Å². The molecule has 0 aliphatic carbocycles. The normalized spacial score (nSPS) is 12.4. The lowest BCUT2D eigenvalue weighted by Gasteiger charge is -2.13. The molecule has 94 valence electrons. The molecule has 0 radical (unpaired) electrons. The summed E-state index contributed by atoms with van der Waals surface area (Å²) in [6.07, 6.45) is 2.45. The van der Waals surface area contributed by atoms with E-state index in [2.05, 4.69) is 4.98 Å². The lowest BCUT2D eigenvalue weighted by Crippen LogP contribution is -2.16. The summed E-state index contributed by atoms with van der Waals surface area (Å²) >= 11 is 11.9. The van der Waals surface area contributed by atoms with Crippen molar-refractivity contribution in [2.45, 2.75) is 19.4 Å². The second-order valence-electron chi connectivity index (χ2n) is 4.26. The first-order valence-electron chi connectivity index (χ1n) is 5.69. The Hall–Kier alpha value is -1.09. The van der Waals surface area contributed by atoms with Crippen LogP contribution in [0.5, 0.6) is 0 Å². The first-order chi connectivity index (χ1) is 8.58. The maximum absolute atomic E-state index is 6.18. The summed E-state index contributed by atoms with van der Waals surface area (Å²) in [6, 6.07) is 9.36. The Morgan fingerprint density at radius 3 is 2.67 bits per heavy atom. The van der Waals surface area contributed by atoms with E-state index in [1.807, 2.05) is 31.2 Å².